The number of anilines is 1. The molecule has 7 heteroatoms. The second-order valence-corrected chi connectivity index (χ2v) is 4.73. The number of H-pyrrole nitrogens is 1. The third-order valence-corrected chi connectivity index (χ3v) is 3.34. The van der Waals surface area contributed by atoms with Crippen LogP contribution in [0.5, 0.6) is 0 Å². The van der Waals surface area contributed by atoms with Gasteiger partial charge in [-0.15, -0.1) is 0 Å². The maximum atomic E-state index is 11.6. The molecule has 2 amide bonds. The highest BCUT2D eigenvalue weighted by Crippen LogP contribution is 2.28. The van der Waals surface area contributed by atoms with Crippen LogP contribution in [0.25, 0.3) is 21.8 Å². The summed E-state index contributed by atoms with van der Waals surface area (Å²) in [5, 5.41) is 12.3. The first-order valence-corrected chi connectivity index (χ1v) is 6.43. The molecule has 0 saturated carbocycles. The van der Waals surface area contributed by atoms with Crippen LogP contribution in [0.2, 0.25) is 0 Å². The minimum atomic E-state index is -0.599. The highest BCUT2D eigenvalue weighted by atomic mass is 16.2. The van der Waals surface area contributed by atoms with E-state index in [-0.39, 0.29) is 17.0 Å². The van der Waals surface area contributed by atoms with E-state index in [1.165, 1.54) is 6.07 Å². The molecule has 7 nitrogen and oxygen atoms in total. The highest BCUT2D eigenvalue weighted by molar-refractivity contribution is 6.15. The van der Waals surface area contributed by atoms with E-state index >= 15 is 0 Å². The number of pyridine rings is 1. The number of hydrogen-bond acceptors (Lipinski definition) is 4. The average molecular weight is 283 g/mol. The maximum Gasteiger partial charge on any atom is 0.265 e. The van der Waals surface area contributed by atoms with Crippen LogP contribution >= 0.6 is 0 Å². The summed E-state index contributed by atoms with van der Waals surface area (Å²) in [5.74, 6) is -0.777. The van der Waals surface area contributed by atoms with E-state index in [2.05, 4.69) is 15.3 Å². The Balaban J connectivity index is 2.39. The fourth-order valence-corrected chi connectivity index (χ4v) is 2.32. The van der Waals surface area contributed by atoms with Crippen LogP contribution in [0, 0.1) is 5.41 Å². The second kappa shape index (κ2) is 4.55. The summed E-state index contributed by atoms with van der Waals surface area (Å²) in [6, 6.07) is 3.11. The molecule has 0 atom stereocenters. The predicted octanol–water partition coefficient (Wildman–Crippen LogP) is 1.08. The van der Waals surface area contributed by atoms with Crippen LogP contribution in [0.1, 0.15) is 23.8 Å². The number of aromatic amines is 1. The zero-order valence-electron chi connectivity index (χ0n) is 11.3. The summed E-state index contributed by atoms with van der Waals surface area (Å²) < 4.78 is 0. The summed E-state index contributed by atoms with van der Waals surface area (Å²) in [4.78, 5) is 30.1. The number of carbonyl (C=O) groups excluding carboxylic acids is 2. The van der Waals surface area contributed by atoms with E-state index < -0.39 is 5.91 Å². The van der Waals surface area contributed by atoms with Gasteiger partial charge in [-0.25, -0.2) is 0 Å². The molecule has 1 aromatic carbocycles. The summed E-state index contributed by atoms with van der Waals surface area (Å²) in [6.45, 7) is 1.73. The van der Waals surface area contributed by atoms with Gasteiger partial charge in [0.05, 0.1) is 22.1 Å². The number of nitrogens with two attached hydrogens (primary N) is 1. The van der Waals surface area contributed by atoms with Crippen molar-refractivity contribution in [1.29, 1.82) is 5.41 Å². The quantitative estimate of drug-likeness (QED) is 0.574. The predicted molar refractivity (Wildman–Crippen MR) is 78.1 cm³/mol. The largest absolute Gasteiger partial charge is 0.364 e. The van der Waals surface area contributed by atoms with Crippen molar-refractivity contribution in [3.63, 3.8) is 0 Å². The van der Waals surface area contributed by atoms with Crippen molar-refractivity contribution < 1.29 is 9.59 Å². The van der Waals surface area contributed by atoms with E-state index in [4.69, 9.17) is 11.1 Å². The van der Waals surface area contributed by atoms with Crippen LogP contribution in [-0.4, -0.2) is 21.8 Å². The van der Waals surface area contributed by atoms with Gasteiger partial charge in [0.25, 0.3) is 5.91 Å². The number of benzene rings is 1. The van der Waals surface area contributed by atoms with Crippen LogP contribution in [0.15, 0.2) is 18.3 Å². The van der Waals surface area contributed by atoms with E-state index in [0.29, 0.717) is 33.9 Å². The number of aromatic nitrogens is 2. The van der Waals surface area contributed by atoms with Gasteiger partial charge >= 0.3 is 0 Å². The van der Waals surface area contributed by atoms with E-state index in [0.717, 1.165) is 0 Å². The molecule has 0 bridgehead atoms. The molecule has 0 radical (unpaired) electrons. The molecular weight excluding hydrogens is 270 g/mol. The maximum absolute atomic E-state index is 11.6. The van der Waals surface area contributed by atoms with Crippen molar-refractivity contribution >= 4 is 39.3 Å². The zero-order chi connectivity index (χ0) is 15.1. The van der Waals surface area contributed by atoms with Crippen LogP contribution < -0.4 is 16.4 Å². The smallest absolute Gasteiger partial charge is 0.265 e. The fraction of sp³-hybridized carbons (Fsp3) is 0.143. The Bertz CT molecular complexity index is 928. The third kappa shape index (κ3) is 1.99. The van der Waals surface area contributed by atoms with Gasteiger partial charge in [0.2, 0.25) is 5.91 Å². The van der Waals surface area contributed by atoms with Gasteiger partial charge < -0.3 is 16.0 Å². The van der Waals surface area contributed by atoms with E-state index in [1.807, 2.05) is 0 Å². The van der Waals surface area contributed by atoms with Crippen molar-refractivity contribution in [1.82, 2.24) is 9.97 Å². The van der Waals surface area contributed by atoms with Crippen molar-refractivity contribution in [3.8, 4) is 0 Å². The molecule has 5 N–H and O–H groups in total. The zero-order valence-corrected chi connectivity index (χ0v) is 11.3. The molecule has 0 saturated heterocycles. The molecule has 21 heavy (non-hydrogen) atoms. The van der Waals surface area contributed by atoms with E-state index in [9.17, 15) is 9.59 Å². The van der Waals surface area contributed by atoms with Crippen molar-refractivity contribution in [2.75, 3.05) is 5.32 Å². The summed E-state index contributed by atoms with van der Waals surface area (Å²) in [5.41, 5.74) is 7.05. The normalized spacial score (nSPS) is 11.1. The molecule has 2 heterocycles. The standard InChI is InChI=1S/C14H13N5O2/c1-2-10(20)18-8-4-7(15)12-11-6(5-17-12)3-9(14(16)21)19-13(8)11/h3-5,15,19H,2H2,1H3,(H2,16,21)(H,18,20). The number of primary amides is 1. The molecule has 0 unspecified atom stereocenters. The molecule has 3 aromatic rings. The van der Waals surface area contributed by atoms with E-state index in [1.54, 1.807) is 19.2 Å². The van der Waals surface area contributed by atoms with Gasteiger partial charge in [-0.05, 0) is 12.1 Å². The average Bonchev–Trinajstić information content (AvgIpc) is 2.88. The Morgan fingerprint density at radius 3 is 2.86 bits per heavy atom. The summed E-state index contributed by atoms with van der Waals surface area (Å²) >= 11 is 0. The number of nitrogens with zero attached hydrogens (tertiary/aromatic N) is 1. The van der Waals surface area contributed by atoms with Gasteiger partial charge in [-0.2, -0.15) is 0 Å². The van der Waals surface area contributed by atoms with Crippen molar-refractivity contribution in [2.45, 2.75) is 13.3 Å². The Kier molecular flexibility index (Phi) is 2.83. The van der Waals surface area contributed by atoms with Crippen molar-refractivity contribution in [2.24, 2.45) is 5.73 Å². The summed E-state index contributed by atoms with van der Waals surface area (Å²) in [6.07, 6.45) is 1.90. The first-order chi connectivity index (χ1) is 10.0. The monoisotopic (exact) mass is 283 g/mol. The summed E-state index contributed by atoms with van der Waals surface area (Å²) in [7, 11) is 0. The van der Waals surface area contributed by atoms with Gasteiger partial charge in [0.15, 0.2) is 0 Å². The van der Waals surface area contributed by atoms with Gasteiger partial charge in [-0.3, -0.25) is 20.0 Å². The third-order valence-electron chi connectivity index (χ3n) is 3.34. The molecule has 0 fully saturated rings. The molecule has 0 spiro atoms. The Labute approximate surface area is 119 Å². The number of amides is 2. The lowest BCUT2D eigenvalue weighted by atomic mass is 10.1. The van der Waals surface area contributed by atoms with Crippen molar-refractivity contribution in [3.05, 3.63) is 29.4 Å². The molecule has 0 aliphatic heterocycles. The SMILES string of the molecule is CCC(=O)Nc1cc(=N)c2ncc3cc(C(N)=O)[nH]c1c32. The number of nitrogens with one attached hydrogen (secondary N) is 3. The first-order valence-electron chi connectivity index (χ1n) is 6.43. The highest BCUT2D eigenvalue weighted by Gasteiger charge is 2.15. The first kappa shape index (κ1) is 13.0. The Hall–Kier alpha value is -2.96. The lowest BCUT2D eigenvalue weighted by molar-refractivity contribution is -0.115. The van der Waals surface area contributed by atoms with Crippen LogP contribution in [-0.2, 0) is 4.79 Å². The molecular formula is C14H13N5O2. The molecule has 2 aromatic heterocycles. The fourth-order valence-electron chi connectivity index (χ4n) is 2.32. The van der Waals surface area contributed by atoms with Gasteiger partial charge in [0, 0.05) is 23.4 Å². The lowest BCUT2D eigenvalue weighted by Gasteiger charge is -2.10. The topological polar surface area (TPSA) is 125 Å². The van der Waals surface area contributed by atoms with Gasteiger partial charge in [0.1, 0.15) is 5.69 Å². The Morgan fingerprint density at radius 2 is 2.19 bits per heavy atom. The lowest BCUT2D eigenvalue weighted by Crippen LogP contribution is -2.16. The molecule has 3 rings (SSSR count). The number of hydrogen-bond donors (Lipinski definition) is 4. The molecule has 0 aliphatic carbocycles. The Morgan fingerprint density at radius 1 is 1.43 bits per heavy atom. The minimum absolute atomic E-state index is 0.178. The molecule has 0 aliphatic rings. The van der Waals surface area contributed by atoms with Crippen LogP contribution in [0.3, 0.4) is 0 Å². The van der Waals surface area contributed by atoms with Crippen LogP contribution in [0.4, 0.5) is 5.69 Å². The van der Waals surface area contributed by atoms with Gasteiger partial charge in [-0.1, -0.05) is 6.92 Å². The molecule has 106 valence electrons. The second-order valence-electron chi connectivity index (χ2n) is 4.73. The number of carbonyl (C=O) groups is 2. The minimum Gasteiger partial charge on any atom is -0.364 e. The number of rotatable bonds is 3.